The summed E-state index contributed by atoms with van der Waals surface area (Å²) in [7, 11) is 0. The fourth-order valence-corrected chi connectivity index (χ4v) is 3.12. The summed E-state index contributed by atoms with van der Waals surface area (Å²) < 4.78 is 39.3. The number of rotatable bonds is 4. The van der Waals surface area contributed by atoms with Gasteiger partial charge in [0, 0.05) is 50.5 Å². The van der Waals surface area contributed by atoms with Crippen LogP contribution in [-0.2, 0) is 12.7 Å². The lowest BCUT2D eigenvalue weighted by Gasteiger charge is -2.36. The van der Waals surface area contributed by atoms with Crippen molar-refractivity contribution < 1.29 is 18.1 Å². The number of alkyl halides is 3. The standard InChI is InChI=1S/C18H18F3N3O2/c19-18(20,21)17-4-2-1-3-14(17)13-22-9-11-23(12-10-22)15-5-7-16(8-6-15)24(25)26/h1-8H,9-13H2. The predicted molar refractivity (Wildman–Crippen MR) is 92.0 cm³/mol. The maximum absolute atomic E-state index is 13.1. The van der Waals surface area contributed by atoms with Crippen molar-refractivity contribution in [3.8, 4) is 0 Å². The lowest BCUT2D eigenvalue weighted by molar-refractivity contribution is -0.384. The molecule has 0 unspecified atom stereocenters. The molecular formula is C18H18F3N3O2. The first-order valence-corrected chi connectivity index (χ1v) is 8.21. The molecule has 138 valence electrons. The molecule has 0 bridgehead atoms. The molecule has 0 spiro atoms. The van der Waals surface area contributed by atoms with Gasteiger partial charge in [-0.25, -0.2) is 0 Å². The van der Waals surface area contributed by atoms with Gasteiger partial charge in [-0.3, -0.25) is 15.0 Å². The van der Waals surface area contributed by atoms with Crippen molar-refractivity contribution in [3.05, 3.63) is 69.8 Å². The summed E-state index contributed by atoms with van der Waals surface area (Å²) in [4.78, 5) is 14.3. The second-order valence-electron chi connectivity index (χ2n) is 6.19. The highest BCUT2D eigenvalue weighted by atomic mass is 19.4. The van der Waals surface area contributed by atoms with E-state index in [1.165, 1.54) is 24.3 Å². The highest BCUT2D eigenvalue weighted by Gasteiger charge is 2.33. The van der Waals surface area contributed by atoms with Crippen molar-refractivity contribution in [2.24, 2.45) is 0 Å². The van der Waals surface area contributed by atoms with Crippen molar-refractivity contribution in [3.63, 3.8) is 0 Å². The molecule has 0 aromatic heterocycles. The van der Waals surface area contributed by atoms with Crippen LogP contribution in [0.25, 0.3) is 0 Å². The van der Waals surface area contributed by atoms with Crippen LogP contribution < -0.4 is 4.90 Å². The number of hydrogen-bond acceptors (Lipinski definition) is 4. The molecule has 2 aromatic carbocycles. The summed E-state index contributed by atoms with van der Waals surface area (Å²) in [6, 6.07) is 12.0. The molecule has 0 N–H and O–H groups in total. The van der Waals surface area contributed by atoms with Gasteiger partial charge in [0.05, 0.1) is 10.5 Å². The molecule has 0 saturated carbocycles. The SMILES string of the molecule is O=[N+]([O-])c1ccc(N2CCN(Cc3ccccc3C(F)(F)F)CC2)cc1. The molecule has 3 rings (SSSR count). The zero-order chi connectivity index (χ0) is 18.7. The van der Waals surface area contributed by atoms with Crippen LogP contribution in [0, 0.1) is 10.1 Å². The van der Waals surface area contributed by atoms with Crippen LogP contribution in [-0.4, -0.2) is 36.0 Å². The molecule has 1 fully saturated rings. The van der Waals surface area contributed by atoms with Crippen molar-refractivity contribution in [2.75, 3.05) is 31.1 Å². The Morgan fingerprint density at radius 2 is 1.58 bits per heavy atom. The quantitative estimate of drug-likeness (QED) is 0.608. The van der Waals surface area contributed by atoms with Crippen LogP contribution in [0.4, 0.5) is 24.5 Å². The Kier molecular flexibility index (Phi) is 5.13. The third kappa shape index (κ3) is 4.13. The number of hydrogen-bond donors (Lipinski definition) is 0. The lowest BCUT2D eigenvalue weighted by Crippen LogP contribution is -2.46. The minimum Gasteiger partial charge on any atom is -0.369 e. The number of halogens is 3. The molecule has 1 aliphatic heterocycles. The Hall–Kier alpha value is -2.61. The minimum absolute atomic E-state index is 0.0381. The molecule has 1 saturated heterocycles. The molecule has 1 heterocycles. The third-order valence-corrected chi connectivity index (χ3v) is 4.51. The smallest absolute Gasteiger partial charge is 0.369 e. The van der Waals surface area contributed by atoms with E-state index in [1.807, 2.05) is 4.90 Å². The molecular weight excluding hydrogens is 347 g/mol. The van der Waals surface area contributed by atoms with Crippen LogP contribution in [0.5, 0.6) is 0 Å². The molecule has 8 heteroatoms. The first-order valence-electron chi connectivity index (χ1n) is 8.21. The number of benzene rings is 2. The van der Waals surface area contributed by atoms with Crippen LogP contribution in [0.2, 0.25) is 0 Å². The van der Waals surface area contributed by atoms with Gasteiger partial charge in [0.1, 0.15) is 0 Å². The van der Waals surface area contributed by atoms with E-state index < -0.39 is 16.7 Å². The largest absolute Gasteiger partial charge is 0.416 e. The average Bonchev–Trinajstić information content (AvgIpc) is 2.62. The number of piperazine rings is 1. The highest BCUT2D eigenvalue weighted by molar-refractivity contribution is 5.51. The molecule has 26 heavy (non-hydrogen) atoms. The second-order valence-corrected chi connectivity index (χ2v) is 6.19. The van der Waals surface area contributed by atoms with Crippen LogP contribution in [0.15, 0.2) is 48.5 Å². The Morgan fingerprint density at radius 1 is 0.962 bits per heavy atom. The van der Waals surface area contributed by atoms with Gasteiger partial charge in [-0.05, 0) is 23.8 Å². The van der Waals surface area contributed by atoms with Crippen molar-refractivity contribution >= 4 is 11.4 Å². The van der Waals surface area contributed by atoms with E-state index >= 15 is 0 Å². The topological polar surface area (TPSA) is 49.6 Å². The van der Waals surface area contributed by atoms with Crippen LogP contribution in [0.1, 0.15) is 11.1 Å². The van der Waals surface area contributed by atoms with Gasteiger partial charge in [-0.15, -0.1) is 0 Å². The predicted octanol–water partition coefficient (Wildman–Crippen LogP) is 3.94. The maximum atomic E-state index is 13.1. The fourth-order valence-electron chi connectivity index (χ4n) is 3.12. The zero-order valence-electron chi connectivity index (χ0n) is 13.9. The van der Waals surface area contributed by atoms with E-state index in [0.29, 0.717) is 26.2 Å². The summed E-state index contributed by atoms with van der Waals surface area (Å²) in [5, 5.41) is 10.7. The highest BCUT2D eigenvalue weighted by Crippen LogP contribution is 2.32. The molecule has 1 aliphatic rings. The van der Waals surface area contributed by atoms with Crippen LogP contribution in [0.3, 0.4) is 0 Å². The molecule has 0 aliphatic carbocycles. The summed E-state index contributed by atoms with van der Waals surface area (Å²) in [5.41, 5.74) is 0.615. The van der Waals surface area contributed by atoms with E-state index in [2.05, 4.69) is 4.90 Å². The summed E-state index contributed by atoms with van der Waals surface area (Å²) in [6.07, 6.45) is -4.35. The number of nitro benzene ring substituents is 1. The van der Waals surface area contributed by atoms with Crippen molar-refractivity contribution in [2.45, 2.75) is 12.7 Å². The third-order valence-electron chi connectivity index (χ3n) is 4.51. The Balaban J connectivity index is 1.62. The average molecular weight is 365 g/mol. The Morgan fingerprint density at radius 3 is 2.15 bits per heavy atom. The van der Waals surface area contributed by atoms with E-state index in [9.17, 15) is 23.3 Å². The first kappa shape index (κ1) is 18.2. The van der Waals surface area contributed by atoms with Crippen molar-refractivity contribution in [1.82, 2.24) is 4.90 Å². The van der Waals surface area contributed by atoms with Crippen LogP contribution >= 0.6 is 0 Å². The minimum atomic E-state index is -4.35. The van der Waals surface area contributed by atoms with Gasteiger partial charge in [0.2, 0.25) is 0 Å². The van der Waals surface area contributed by atoms with E-state index in [-0.39, 0.29) is 17.8 Å². The summed E-state index contributed by atoms with van der Waals surface area (Å²) >= 11 is 0. The van der Waals surface area contributed by atoms with Gasteiger partial charge in [-0.1, -0.05) is 18.2 Å². The number of nitrogens with zero attached hydrogens (tertiary/aromatic N) is 3. The molecule has 0 radical (unpaired) electrons. The maximum Gasteiger partial charge on any atom is 0.416 e. The molecule has 0 atom stereocenters. The van der Waals surface area contributed by atoms with Gasteiger partial charge in [0.15, 0.2) is 0 Å². The summed E-state index contributed by atoms with van der Waals surface area (Å²) in [5.74, 6) is 0. The van der Waals surface area contributed by atoms with Gasteiger partial charge in [0.25, 0.3) is 5.69 Å². The Bertz CT molecular complexity index is 770. The Labute approximate surface area is 148 Å². The zero-order valence-corrected chi connectivity index (χ0v) is 13.9. The van der Waals surface area contributed by atoms with Crippen molar-refractivity contribution in [1.29, 1.82) is 0 Å². The second kappa shape index (κ2) is 7.33. The number of nitro groups is 1. The fraction of sp³-hybridized carbons (Fsp3) is 0.333. The summed E-state index contributed by atoms with van der Waals surface area (Å²) in [6.45, 7) is 2.83. The molecule has 5 nitrogen and oxygen atoms in total. The number of anilines is 1. The first-order chi connectivity index (χ1) is 12.3. The van der Waals surface area contributed by atoms with E-state index in [4.69, 9.17) is 0 Å². The van der Waals surface area contributed by atoms with E-state index in [0.717, 1.165) is 11.8 Å². The lowest BCUT2D eigenvalue weighted by atomic mass is 10.1. The van der Waals surface area contributed by atoms with E-state index in [1.54, 1.807) is 18.2 Å². The van der Waals surface area contributed by atoms with Gasteiger partial charge >= 0.3 is 6.18 Å². The van der Waals surface area contributed by atoms with Gasteiger partial charge in [-0.2, -0.15) is 13.2 Å². The number of non-ortho nitro benzene ring substituents is 1. The monoisotopic (exact) mass is 365 g/mol. The molecule has 2 aromatic rings. The normalized spacial score (nSPS) is 15.9. The van der Waals surface area contributed by atoms with Gasteiger partial charge < -0.3 is 4.90 Å². The molecule has 0 amide bonds.